The zero-order chi connectivity index (χ0) is 16.0. The highest BCUT2D eigenvalue weighted by molar-refractivity contribution is 9.10. The Kier molecular flexibility index (Phi) is 3.35. The Bertz CT molecular complexity index is 1050. The van der Waals surface area contributed by atoms with E-state index in [2.05, 4.69) is 36.3 Å². The third kappa shape index (κ3) is 2.49. The fraction of sp³-hybridized carbons (Fsp3) is 0.0667. The molecule has 1 N–H and O–H groups in total. The molecule has 0 aliphatic heterocycles. The Balaban J connectivity index is 1.69. The molecule has 8 heteroatoms. The first kappa shape index (κ1) is 14.3. The molecule has 0 unspecified atom stereocenters. The summed E-state index contributed by atoms with van der Waals surface area (Å²) in [6, 6.07) is 7.75. The molecule has 3 heterocycles. The molecule has 4 aromatic rings. The van der Waals surface area contributed by atoms with Crippen molar-refractivity contribution in [1.29, 1.82) is 0 Å². The van der Waals surface area contributed by atoms with E-state index in [-0.39, 0.29) is 11.6 Å². The van der Waals surface area contributed by atoms with E-state index in [1.807, 2.05) is 25.1 Å². The van der Waals surface area contributed by atoms with Gasteiger partial charge in [-0.2, -0.15) is 5.10 Å². The average molecular weight is 388 g/mol. The monoisotopic (exact) mass is 387 g/mol. The molecule has 3 aromatic heterocycles. The predicted octanol–water partition coefficient (Wildman–Crippen LogP) is 3.66. The maximum Gasteiger partial charge on any atom is 0.279 e. The number of carbonyl (C=O) groups excluding carboxylic acids is 1. The molecule has 0 bridgehead atoms. The highest BCUT2D eigenvalue weighted by atomic mass is 79.9. The molecular weight excluding hydrogens is 378 g/mol. The minimum absolute atomic E-state index is 0.277. The molecule has 4 rings (SSSR count). The molecular formula is C15H10BrN5OS. The van der Waals surface area contributed by atoms with E-state index < -0.39 is 0 Å². The second-order valence-corrected chi connectivity index (χ2v) is 6.82. The first-order valence-electron chi connectivity index (χ1n) is 6.79. The third-order valence-corrected chi connectivity index (χ3v) is 4.98. The zero-order valence-corrected chi connectivity index (χ0v) is 14.3. The lowest BCUT2D eigenvalue weighted by Crippen LogP contribution is -2.13. The molecule has 0 atom stereocenters. The summed E-state index contributed by atoms with van der Waals surface area (Å²) in [5, 5.41) is 7.60. The third-order valence-electron chi connectivity index (χ3n) is 3.32. The number of fused-ring (bicyclic) bond motifs is 2. The lowest BCUT2D eigenvalue weighted by atomic mass is 10.2. The lowest BCUT2D eigenvalue weighted by Gasteiger charge is -1.97. The summed E-state index contributed by atoms with van der Waals surface area (Å²) >= 11 is 4.82. The van der Waals surface area contributed by atoms with Crippen molar-refractivity contribution in [2.24, 2.45) is 0 Å². The summed E-state index contributed by atoms with van der Waals surface area (Å²) in [6.45, 7) is 2.03. The van der Waals surface area contributed by atoms with Gasteiger partial charge in [0.15, 0.2) is 16.5 Å². The number of rotatable bonds is 2. The minimum Gasteiger partial charge on any atom is -0.296 e. The molecule has 23 heavy (non-hydrogen) atoms. The molecule has 0 saturated heterocycles. The molecule has 0 aliphatic rings. The number of nitrogens with one attached hydrogen (secondary N) is 1. The van der Waals surface area contributed by atoms with Crippen LogP contribution in [0.3, 0.4) is 0 Å². The Labute approximate surface area is 143 Å². The van der Waals surface area contributed by atoms with Crippen LogP contribution in [0.2, 0.25) is 0 Å². The SMILES string of the molecule is Cc1ccc2nc(NC(=O)c3nn4cccnc4c3Br)sc2c1. The fourth-order valence-corrected chi connectivity index (χ4v) is 3.75. The molecule has 1 amide bonds. The molecule has 0 aliphatic carbocycles. The number of anilines is 1. The van der Waals surface area contributed by atoms with Crippen molar-refractivity contribution in [3.8, 4) is 0 Å². The Morgan fingerprint density at radius 2 is 2.26 bits per heavy atom. The number of aryl methyl sites for hydroxylation is 1. The van der Waals surface area contributed by atoms with Crippen molar-refractivity contribution in [1.82, 2.24) is 19.6 Å². The van der Waals surface area contributed by atoms with Gasteiger partial charge in [-0.15, -0.1) is 0 Å². The number of carbonyl (C=O) groups is 1. The van der Waals surface area contributed by atoms with Crippen LogP contribution in [0.5, 0.6) is 0 Å². The Hall–Kier alpha value is -2.32. The van der Waals surface area contributed by atoms with Crippen LogP contribution in [0.15, 0.2) is 41.1 Å². The average Bonchev–Trinajstić information content (AvgIpc) is 3.08. The van der Waals surface area contributed by atoms with Crippen LogP contribution in [0, 0.1) is 6.92 Å². The first-order chi connectivity index (χ1) is 11.1. The van der Waals surface area contributed by atoms with Gasteiger partial charge in [0, 0.05) is 12.4 Å². The van der Waals surface area contributed by atoms with Gasteiger partial charge in [0.25, 0.3) is 5.91 Å². The van der Waals surface area contributed by atoms with Crippen LogP contribution in [0.4, 0.5) is 5.13 Å². The van der Waals surface area contributed by atoms with Crippen molar-refractivity contribution >= 4 is 54.2 Å². The summed E-state index contributed by atoms with van der Waals surface area (Å²) in [6.07, 6.45) is 3.39. The van der Waals surface area contributed by atoms with Crippen molar-refractivity contribution in [3.63, 3.8) is 0 Å². The number of nitrogens with zero attached hydrogens (tertiary/aromatic N) is 4. The molecule has 0 radical (unpaired) electrons. The van der Waals surface area contributed by atoms with Gasteiger partial charge in [-0.25, -0.2) is 14.5 Å². The van der Waals surface area contributed by atoms with E-state index in [4.69, 9.17) is 0 Å². The highest BCUT2D eigenvalue weighted by Crippen LogP contribution is 2.28. The Morgan fingerprint density at radius 3 is 3.09 bits per heavy atom. The summed E-state index contributed by atoms with van der Waals surface area (Å²) in [5.41, 5.74) is 2.90. The number of benzene rings is 1. The number of thiazole rings is 1. The van der Waals surface area contributed by atoms with Crippen LogP contribution in [-0.2, 0) is 0 Å². The smallest absolute Gasteiger partial charge is 0.279 e. The molecule has 0 spiro atoms. The van der Waals surface area contributed by atoms with Gasteiger partial charge in [-0.1, -0.05) is 17.4 Å². The van der Waals surface area contributed by atoms with Crippen molar-refractivity contribution in [3.05, 3.63) is 52.4 Å². The number of halogens is 1. The fourth-order valence-electron chi connectivity index (χ4n) is 2.25. The number of aromatic nitrogens is 4. The van der Waals surface area contributed by atoms with E-state index in [1.165, 1.54) is 11.3 Å². The largest absolute Gasteiger partial charge is 0.296 e. The summed E-state index contributed by atoms with van der Waals surface area (Å²) in [7, 11) is 0. The quantitative estimate of drug-likeness (QED) is 0.569. The highest BCUT2D eigenvalue weighted by Gasteiger charge is 2.19. The van der Waals surface area contributed by atoms with E-state index in [0.717, 1.165) is 15.8 Å². The molecule has 1 aromatic carbocycles. The number of hydrogen-bond acceptors (Lipinski definition) is 5. The van der Waals surface area contributed by atoms with Crippen LogP contribution in [0.1, 0.15) is 16.1 Å². The van der Waals surface area contributed by atoms with Gasteiger partial charge in [-0.05, 0) is 46.6 Å². The van der Waals surface area contributed by atoms with Crippen molar-refractivity contribution < 1.29 is 4.79 Å². The molecule has 0 saturated carbocycles. The van der Waals surface area contributed by atoms with Crippen LogP contribution >= 0.6 is 27.3 Å². The van der Waals surface area contributed by atoms with Gasteiger partial charge in [0.1, 0.15) is 0 Å². The molecule has 6 nitrogen and oxygen atoms in total. The number of amides is 1. The van der Waals surface area contributed by atoms with Gasteiger partial charge in [0.05, 0.1) is 14.7 Å². The van der Waals surface area contributed by atoms with Crippen LogP contribution < -0.4 is 5.32 Å². The van der Waals surface area contributed by atoms with E-state index in [0.29, 0.717) is 15.3 Å². The maximum absolute atomic E-state index is 12.5. The maximum atomic E-state index is 12.5. The standard InChI is InChI=1S/C15H10BrN5OS/c1-8-3-4-9-10(7-8)23-15(18-9)19-14(22)12-11(16)13-17-5-2-6-21(13)20-12/h2-7H,1H3,(H,18,19,22). The summed E-state index contributed by atoms with van der Waals surface area (Å²) in [4.78, 5) is 21.1. The normalized spacial score (nSPS) is 11.2. The first-order valence-corrected chi connectivity index (χ1v) is 8.40. The molecule has 114 valence electrons. The molecule has 0 fully saturated rings. The number of hydrogen-bond donors (Lipinski definition) is 1. The van der Waals surface area contributed by atoms with Gasteiger partial charge in [-0.3, -0.25) is 10.1 Å². The van der Waals surface area contributed by atoms with Crippen LogP contribution in [0.25, 0.3) is 15.9 Å². The minimum atomic E-state index is -0.321. The predicted molar refractivity (Wildman–Crippen MR) is 93.0 cm³/mol. The lowest BCUT2D eigenvalue weighted by molar-refractivity contribution is 0.102. The van der Waals surface area contributed by atoms with E-state index in [1.54, 1.807) is 23.0 Å². The van der Waals surface area contributed by atoms with Crippen molar-refractivity contribution in [2.45, 2.75) is 6.92 Å². The van der Waals surface area contributed by atoms with E-state index in [9.17, 15) is 4.79 Å². The summed E-state index contributed by atoms with van der Waals surface area (Å²) < 4.78 is 3.16. The summed E-state index contributed by atoms with van der Waals surface area (Å²) in [5.74, 6) is -0.321. The van der Waals surface area contributed by atoms with E-state index >= 15 is 0 Å². The van der Waals surface area contributed by atoms with Crippen molar-refractivity contribution in [2.75, 3.05) is 5.32 Å². The second-order valence-electron chi connectivity index (χ2n) is 4.99. The van der Waals surface area contributed by atoms with Crippen LogP contribution in [-0.4, -0.2) is 25.5 Å². The Morgan fingerprint density at radius 1 is 1.39 bits per heavy atom. The van der Waals surface area contributed by atoms with Gasteiger partial charge in [0.2, 0.25) is 0 Å². The zero-order valence-electron chi connectivity index (χ0n) is 11.9. The topological polar surface area (TPSA) is 72.2 Å². The van der Waals surface area contributed by atoms with Gasteiger partial charge >= 0.3 is 0 Å². The second kappa shape index (κ2) is 5.39. The van der Waals surface area contributed by atoms with Gasteiger partial charge < -0.3 is 0 Å².